The van der Waals surface area contributed by atoms with E-state index in [1.54, 1.807) is 0 Å². The number of benzene rings is 1. The van der Waals surface area contributed by atoms with E-state index in [9.17, 15) is 0 Å². The van der Waals surface area contributed by atoms with E-state index in [4.69, 9.17) is 0 Å². The number of aryl methyl sites for hydroxylation is 1. The SMILES string of the molecule is Cc1cccnc1-c1ccccc1C(C)(C)C. The fourth-order valence-corrected chi connectivity index (χ4v) is 2.11. The summed E-state index contributed by atoms with van der Waals surface area (Å²) in [5, 5.41) is 0. The standard InChI is InChI=1S/C16H19N/c1-12-8-7-11-17-15(12)13-9-5-6-10-14(13)16(2,3)4/h5-11H,1-4H3. The van der Waals surface area contributed by atoms with Crippen molar-refractivity contribution in [3.63, 3.8) is 0 Å². The van der Waals surface area contributed by atoms with Gasteiger partial charge in [-0.2, -0.15) is 0 Å². The summed E-state index contributed by atoms with van der Waals surface area (Å²) in [6.07, 6.45) is 1.86. The highest BCUT2D eigenvalue weighted by Gasteiger charge is 2.19. The van der Waals surface area contributed by atoms with Gasteiger partial charge in [-0.05, 0) is 29.5 Å². The van der Waals surface area contributed by atoms with Crippen LogP contribution in [0.4, 0.5) is 0 Å². The van der Waals surface area contributed by atoms with E-state index in [0.29, 0.717) is 0 Å². The first-order valence-corrected chi connectivity index (χ1v) is 6.01. The molecule has 0 aliphatic rings. The minimum atomic E-state index is 0.139. The molecule has 0 amide bonds. The number of aromatic nitrogens is 1. The van der Waals surface area contributed by atoms with Gasteiger partial charge < -0.3 is 0 Å². The zero-order chi connectivity index (χ0) is 12.5. The van der Waals surface area contributed by atoms with E-state index in [1.165, 1.54) is 16.7 Å². The maximum Gasteiger partial charge on any atom is 0.0734 e. The summed E-state index contributed by atoms with van der Waals surface area (Å²) in [5.41, 5.74) is 5.06. The van der Waals surface area contributed by atoms with E-state index in [1.807, 2.05) is 12.3 Å². The van der Waals surface area contributed by atoms with Crippen molar-refractivity contribution >= 4 is 0 Å². The van der Waals surface area contributed by atoms with Gasteiger partial charge >= 0.3 is 0 Å². The molecule has 2 rings (SSSR count). The van der Waals surface area contributed by atoms with Crippen molar-refractivity contribution < 1.29 is 0 Å². The van der Waals surface area contributed by atoms with Crippen LogP contribution in [0.2, 0.25) is 0 Å². The molecular weight excluding hydrogens is 206 g/mol. The van der Waals surface area contributed by atoms with Gasteiger partial charge in [-0.1, -0.05) is 51.1 Å². The summed E-state index contributed by atoms with van der Waals surface area (Å²) in [5.74, 6) is 0. The molecule has 1 heteroatoms. The van der Waals surface area contributed by atoms with Gasteiger partial charge in [0.2, 0.25) is 0 Å². The maximum atomic E-state index is 4.52. The predicted molar refractivity (Wildman–Crippen MR) is 73.1 cm³/mol. The van der Waals surface area contributed by atoms with Crippen LogP contribution < -0.4 is 0 Å². The van der Waals surface area contributed by atoms with Crippen molar-refractivity contribution in [3.8, 4) is 11.3 Å². The average Bonchev–Trinajstić information content (AvgIpc) is 2.28. The Morgan fingerprint density at radius 1 is 0.941 bits per heavy atom. The van der Waals surface area contributed by atoms with E-state index in [-0.39, 0.29) is 5.41 Å². The van der Waals surface area contributed by atoms with Crippen LogP contribution >= 0.6 is 0 Å². The molecule has 1 heterocycles. The Morgan fingerprint density at radius 3 is 2.29 bits per heavy atom. The number of pyridine rings is 1. The molecule has 0 N–H and O–H groups in total. The zero-order valence-electron chi connectivity index (χ0n) is 11.0. The molecule has 0 fully saturated rings. The molecule has 1 aromatic carbocycles. The lowest BCUT2D eigenvalue weighted by Crippen LogP contribution is -2.13. The van der Waals surface area contributed by atoms with Gasteiger partial charge in [0.05, 0.1) is 5.69 Å². The predicted octanol–water partition coefficient (Wildman–Crippen LogP) is 4.35. The highest BCUT2D eigenvalue weighted by atomic mass is 14.7. The summed E-state index contributed by atoms with van der Waals surface area (Å²) >= 11 is 0. The molecule has 0 atom stereocenters. The molecule has 0 bridgehead atoms. The van der Waals surface area contributed by atoms with Gasteiger partial charge in [0.15, 0.2) is 0 Å². The number of nitrogens with zero attached hydrogens (tertiary/aromatic N) is 1. The molecule has 88 valence electrons. The van der Waals surface area contributed by atoms with Crippen molar-refractivity contribution in [2.45, 2.75) is 33.1 Å². The molecule has 17 heavy (non-hydrogen) atoms. The Hall–Kier alpha value is -1.63. The molecule has 0 unspecified atom stereocenters. The monoisotopic (exact) mass is 225 g/mol. The Bertz CT molecular complexity index is 521. The number of rotatable bonds is 1. The smallest absolute Gasteiger partial charge is 0.0734 e. The van der Waals surface area contributed by atoms with Crippen molar-refractivity contribution in [1.82, 2.24) is 4.98 Å². The topological polar surface area (TPSA) is 12.9 Å². The van der Waals surface area contributed by atoms with Crippen LogP contribution in [0.25, 0.3) is 11.3 Å². The van der Waals surface area contributed by atoms with Crippen LogP contribution in [0.1, 0.15) is 31.9 Å². The van der Waals surface area contributed by atoms with Crippen LogP contribution in [0.5, 0.6) is 0 Å². The normalized spacial score (nSPS) is 11.5. The van der Waals surface area contributed by atoms with E-state index in [0.717, 1.165) is 5.69 Å². The lowest BCUT2D eigenvalue weighted by atomic mass is 9.82. The zero-order valence-corrected chi connectivity index (χ0v) is 11.0. The largest absolute Gasteiger partial charge is 0.256 e. The van der Waals surface area contributed by atoms with Crippen molar-refractivity contribution in [3.05, 3.63) is 53.7 Å². The average molecular weight is 225 g/mol. The third kappa shape index (κ3) is 2.38. The fourth-order valence-electron chi connectivity index (χ4n) is 2.11. The van der Waals surface area contributed by atoms with Crippen LogP contribution in [0, 0.1) is 6.92 Å². The summed E-state index contributed by atoms with van der Waals surface area (Å²) in [6.45, 7) is 8.83. The highest BCUT2D eigenvalue weighted by molar-refractivity contribution is 5.67. The van der Waals surface area contributed by atoms with Crippen LogP contribution in [-0.2, 0) is 5.41 Å². The molecule has 2 aromatic rings. The second-order valence-corrected chi connectivity index (χ2v) is 5.46. The summed E-state index contributed by atoms with van der Waals surface area (Å²) in [4.78, 5) is 4.52. The molecule has 0 radical (unpaired) electrons. The maximum absolute atomic E-state index is 4.52. The molecular formula is C16H19N. The van der Waals surface area contributed by atoms with Gasteiger partial charge in [-0.3, -0.25) is 4.98 Å². The third-order valence-corrected chi connectivity index (χ3v) is 3.00. The first-order valence-electron chi connectivity index (χ1n) is 6.01. The Labute approximate surface area is 104 Å². The Balaban J connectivity index is 2.65. The Morgan fingerprint density at radius 2 is 1.65 bits per heavy atom. The minimum Gasteiger partial charge on any atom is -0.256 e. The first kappa shape index (κ1) is 11.8. The lowest BCUT2D eigenvalue weighted by Gasteiger charge is -2.23. The molecule has 1 nitrogen and oxygen atoms in total. The second kappa shape index (κ2) is 4.33. The van der Waals surface area contributed by atoms with Gasteiger partial charge in [-0.25, -0.2) is 0 Å². The summed E-state index contributed by atoms with van der Waals surface area (Å²) in [6, 6.07) is 12.6. The van der Waals surface area contributed by atoms with Gasteiger partial charge in [0.25, 0.3) is 0 Å². The van der Waals surface area contributed by atoms with Crippen molar-refractivity contribution in [2.24, 2.45) is 0 Å². The van der Waals surface area contributed by atoms with E-state index >= 15 is 0 Å². The van der Waals surface area contributed by atoms with E-state index in [2.05, 4.69) is 63.0 Å². The second-order valence-electron chi connectivity index (χ2n) is 5.46. The quantitative estimate of drug-likeness (QED) is 0.703. The minimum absolute atomic E-state index is 0.139. The molecule has 0 aliphatic carbocycles. The Kier molecular flexibility index (Phi) is 3.01. The molecule has 0 saturated heterocycles. The van der Waals surface area contributed by atoms with E-state index < -0.39 is 0 Å². The summed E-state index contributed by atoms with van der Waals surface area (Å²) < 4.78 is 0. The highest BCUT2D eigenvalue weighted by Crippen LogP contribution is 2.32. The molecule has 0 saturated carbocycles. The van der Waals surface area contributed by atoms with Crippen molar-refractivity contribution in [1.29, 1.82) is 0 Å². The van der Waals surface area contributed by atoms with Crippen LogP contribution in [0.3, 0.4) is 0 Å². The van der Waals surface area contributed by atoms with Gasteiger partial charge in [-0.15, -0.1) is 0 Å². The lowest BCUT2D eigenvalue weighted by molar-refractivity contribution is 0.591. The van der Waals surface area contributed by atoms with Crippen LogP contribution in [0.15, 0.2) is 42.6 Å². The number of hydrogen-bond donors (Lipinski definition) is 0. The van der Waals surface area contributed by atoms with Crippen LogP contribution in [-0.4, -0.2) is 4.98 Å². The fraction of sp³-hybridized carbons (Fsp3) is 0.312. The first-order chi connectivity index (χ1) is 8.00. The molecule has 0 spiro atoms. The van der Waals surface area contributed by atoms with Gasteiger partial charge in [0.1, 0.15) is 0 Å². The van der Waals surface area contributed by atoms with Gasteiger partial charge in [0, 0.05) is 11.8 Å². The molecule has 0 aliphatic heterocycles. The van der Waals surface area contributed by atoms with Crippen molar-refractivity contribution in [2.75, 3.05) is 0 Å². The number of hydrogen-bond acceptors (Lipinski definition) is 1. The third-order valence-electron chi connectivity index (χ3n) is 3.00. The molecule has 1 aromatic heterocycles. The summed E-state index contributed by atoms with van der Waals surface area (Å²) in [7, 11) is 0.